The molecule has 0 unspecified atom stereocenters. The van der Waals surface area contributed by atoms with E-state index in [0.29, 0.717) is 30.8 Å². The van der Waals surface area contributed by atoms with Gasteiger partial charge in [-0.25, -0.2) is 12.8 Å². The highest BCUT2D eigenvalue weighted by atomic mass is 32.2. The molecule has 0 spiro atoms. The van der Waals surface area contributed by atoms with Crippen LogP contribution in [0.4, 0.5) is 10.1 Å². The number of anilines is 1. The van der Waals surface area contributed by atoms with Crippen molar-refractivity contribution in [3.05, 3.63) is 29.6 Å². The highest BCUT2D eigenvalue weighted by molar-refractivity contribution is 7.91. The summed E-state index contributed by atoms with van der Waals surface area (Å²) >= 11 is 0. The van der Waals surface area contributed by atoms with Crippen LogP contribution in [0.5, 0.6) is 0 Å². The maximum atomic E-state index is 13.9. The third-order valence-corrected chi connectivity index (χ3v) is 4.88. The summed E-state index contributed by atoms with van der Waals surface area (Å²) in [4.78, 5) is 1.79. The number of nitrogens with two attached hydrogens (primary N) is 1. The number of nitrogens with zero attached hydrogens (tertiary/aromatic N) is 1. The van der Waals surface area contributed by atoms with E-state index in [0.717, 1.165) is 0 Å². The van der Waals surface area contributed by atoms with Crippen LogP contribution in [0.2, 0.25) is 0 Å². The lowest BCUT2D eigenvalue weighted by Gasteiger charge is -2.25. The van der Waals surface area contributed by atoms with Crippen molar-refractivity contribution < 1.29 is 12.8 Å². The van der Waals surface area contributed by atoms with E-state index in [1.165, 1.54) is 6.07 Å². The lowest BCUT2D eigenvalue weighted by molar-refractivity contribution is 0.596. The lowest BCUT2D eigenvalue weighted by atomic mass is 10.1. The monoisotopic (exact) mass is 272 g/mol. The minimum Gasteiger partial charge on any atom is -0.368 e. The molecule has 0 atom stereocenters. The number of halogens is 1. The molecular weight excluding hydrogens is 255 g/mol. The Hall–Kier alpha value is -1.14. The third kappa shape index (κ3) is 2.81. The van der Waals surface area contributed by atoms with Gasteiger partial charge >= 0.3 is 0 Å². The molecule has 0 aromatic heterocycles. The molecule has 0 aliphatic carbocycles. The fraction of sp³-hybridized carbons (Fsp3) is 0.500. The van der Waals surface area contributed by atoms with Gasteiger partial charge in [-0.15, -0.1) is 0 Å². The number of sulfone groups is 1. The van der Waals surface area contributed by atoms with Crippen LogP contribution in [0.25, 0.3) is 0 Å². The van der Waals surface area contributed by atoms with Crippen molar-refractivity contribution in [2.24, 2.45) is 5.73 Å². The first-order valence-corrected chi connectivity index (χ1v) is 7.78. The zero-order chi connectivity index (χ0) is 13.2. The second kappa shape index (κ2) is 5.24. The van der Waals surface area contributed by atoms with E-state index in [1.54, 1.807) is 17.0 Å². The second-order valence-corrected chi connectivity index (χ2v) is 6.75. The Morgan fingerprint density at radius 2 is 2.06 bits per heavy atom. The minimum atomic E-state index is -2.99. The van der Waals surface area contributed by atoms with Crippen molar-refractivity contribution in [3.63, 3.8) is 0 Å². The van der Waals surface area contributed by atoms with E-state index >= 15 is 0 Å². The number of hydrogen-bond donors (Lipinski definition) is 1. The zero-order valence-electron chi connectivity index (χ0n) is 10.1. The summed E-state index contributed by atoms with van der Waals surface area (Å²) in [6, 6.07) is 4.78. The molecule has 1 aromatic rings. The van der Waals surface area contributed by atoms with Crippen LogP contribution in [-0.2, 0) is 16.4 Å². The number of benzene rings is 1. The summed E-state index contributed by atoms with van der Waals surface area (Å²) < 4.78 is 37.0. The SMILES string of the molecule is NCc1cccc(F)c1N1CCCS(=O)(=O)CC1. The van der Waals surface area contributed by atoms with Crippen LogP contribution in [0.15, 0.2) is 18.2 Å². The van der Waals surface area contributed by atoms with Gasteiger partial charge in [0.25, 0.3) is 0 Å². The molecule has 2 N–H and O–H groups in total. The van der Waals surface area contributed by atoms with Crippen LogP contribution < -0.4 is 10.6 Å². The Morgan fingerprint density at radius 1 is 1.28 bits per heavy atom. The summed E-state index contributed by atoms with van der Waals surface area (Å²) in [5.74, 6) is -0.0846. The maximum Gasteiger partial charge on any atom is 0.152 e. The normalized spacial score (nSPS) is 19.6. The smallest absolute Gasteiger partial charge is 0.152 e. The van der Waals surface area contributed by atoms with Gasteiger partial charge in [-0.1, -0.05) is 12.1 Å². The fourth-order valence-corrected chi connectivity index (χ4v) is 3.51. The second-order valence-electron chi connectivity index (χ2n) is 4.44. The third-order valence-electron chi connectivity index (χ3n) is 3.16. The standard InChI is InChI=1S/C12H17FN2O2S/c13-11-4-1-3-10(9-14)12(11)15-5-2-7-18(16,17)8-6-15/h1,3-4H,2,5-9,14H2. The average Bonchev–Trinajstić information content (AvgIpc) is 2.50. The Morgan fingerprint density at radius 3 is 2.78 bits per heavy atom. The van der Waals surface area contributed by atoms with Gasteiger partial charge in [0.05, 0.1) is 17.2 Å². The molecule has 18 heavy (non-hydrogen) atoms. The summed E-state index contributed by atoms with van der Waals surface area (Å²) in [7, 11) is -2.99. The van der Waals surface area contributed by atoms with Crippen molar-refractivity contribution in [1.29, 1.82) is 0 Å². The molecule has 0 amide bonds. The fourth-order valence-electron chi connectivity index (χ4n) is 2.24. The number of para-hydroxylation sites is 1. The zero-order valence-corrected chi connectivity index (χ0v) is 10.9. The molecule has 1 aliphatic rings. The summed E-state index contributed by atoms with van der Waals surface area (Å²) in [6.45, 7) is 1.12. The van der Waals surface area contributed by atoms with E-state index in [4.69, 9.17) is 5.73 Å². The molecule has 1 saturated heterocycles. The Labute approximate surface area is 107 Å². The first kappa shape index (κ1) is 13.3. The topological polar surface area (TPSA) is 63.4 Å². The van der Waals surface area contributed by atoms with Crippen LogP contribution in [0.3, 0.4) is 0 Å². The van der Waals surface area contributed by atoms with Crippen LogP contribution in [0, 0.1) is 5.82 Å². The molecule has 2 rings (SSSR count). The molecule has 1 aliphatic heterocycles. The van der Waals surface area contributed by atoms with E-state index in [9.17, 15) is 12.8 Å². The van der Waals surface area contributed by atoms with Crippen molar-refractivity contribution >= 4 is 15.5 Å². The molecular formula is C12H17FN2O2S. The number of hydrogen-bond acceptors (Lipinski definition) is 4. The number of rotatable bonds is 2. The van der Waals surface area contributed by atoms with Crippen LogP contribution >= 0.6 is 0 Å². The Kier molecular flexibility index (Phi) is 3.87. The van der Waals surface area contributed by atoms with Crippen molar-refractivity contribution in [1.82, 2.24) is 0 Å². The van der Waals surface area contributed by atoms with Gasteiger partial charge in [-0.3, -0.25) is 0 Å². The molecule has 1 fully saturated rings. The van der Waals surface area contributed by atoms with Crippen molar-refractivity contribution in [2.75, 3.05) is 29.5 Å². The van der Waals surface area contributed by atoms with Gasteiger partial charge in [0, 0.05) is 19.6 Å². The summed E-state index contributed by atoms with van der Waals surface area (Å²) in [5.41, 5.74) is 6.78. The molecule has 0 bridgehead atoms. The van der Waals surface area contributed by atoms with E-state index in [-0.39, 0.29) is 23.9 Å². The van der Waals surface area contributed by atoms with Gasteiger partial charge in [-0.2, -0.15) is 0 Å². The Balaban J connectivity index is 2.31. The predicted octanol–water partition coefficient (Wildman–Crippen LogP) is 0.909. The summed E-state index contributed by atoms with van der Waals surface area (Å²) in [6.07, 6.45) is 0.528. The quantitative estimate of drug-likeness (QED) is 0.869. The molecule has 1 heterocycles. The van der Waals surface area contributed by atoms with E-state index < -0.39 is 9.84 Å². The van der Waals surface area contributed by atoms with Crippen molar-refractivity contribution in [2.45, 2.75) is 13.0 Å². The average molecular weight is 272 g/mol. The van der Waals surface area contributed by atoms with Crippen LogP contribution in [-0.4, -0.2) is 33.0 Å². The molecule has 0 radical (unpaired) electrons. The maximum absolute atomic E-state index is 13.9. The van der Waals surface area contributed by atoms with Gasteiger partial charge in [0.15, 0.2) is 9.84 Å². The minimum absolute atomic E-state index is 0.0747. The van der Waals surface area contributed by atoms with Gasteiger partial charge in [0.2, 0.25) is 0 Å². The van der Waals surface area contributed by atoms with Gasteiger partial charge < -0.3 is 10.6 Å². The van der Waals surface area contributed by atoms with Gasteiger partial charge in [-0.05, 0) is 18.1 Å². The molecule has 6 heteroatoms. The predicted molar refractivity (Wildman–Crippen MR) is 69.8 cm³/mol. The molecule has 100 valence electrons. The summed E-state index contributed by atoms with van der Waals surface area (Å²) in [5, 5.41) is 0. The molecule has 0 saturated carbocycles. The largest absolute Gasteiger partial charge is 0.368 e. The van der Waals surface area contributed by atoms with Gasteiger partial charge in [0.1, 0.15) is 5.82 Å². The first-order chi connectivity index (χ1) is 8.53. The van der Waals surface area contributed by atoms with Crippen LogP contribution in [0.1, 0.15) is 12.0 Å². The lowest BCUT2D eigenvalue weighted by Crippen LogP contribution is -2.29. The molecule has 4 nitrogen and oxygen atoms in total. The van der Waals surface area contributed by atoms with E-state index in [1.807, 2.05) is 0 Å². The van der Waals surface area contributed by atoms with Crippen molar-refractivity contribution in [3.8, 4) is 0 Å². The molecule has 1 aromatic carbocycles. The van der Waals surface area contributed by atoms with E-state index in [2.05, 4.69) is 0 Å². The highest BCUT2D eigenvalue weighted by Gasteiger charge is 2.22. The first-order valence-electron chi connectivity index (χ1n) is 5.96. The highest BCUT2D eigenvalue weighted by Crippen LogP contribution is 2.25. The Bertz CT molecular complexity index is 531.